The SMILES string of the molecule is Cc1[nH]cnc1CN(CCN(C)C)Cc1ccc(OC(C)C)c(CO)c1. The van der Waals surface area contributed by atoms with Crippen LogP contribution in [0.25, 0.3) is 0 Å². The number of aliphatic hydroxyl groups excluding tert-OH is 1. The van der Waals surface area contributed by atoms with Crippen LogP contribution in [0.3, 0.4) is 0 Å². The highest BCUT2D eigenvalue weighted by Crippen LogP contribution is 2.23. The number of imidazole rings is 1. The van der Waals surface area contributed by atoms with E-state index in [9.17, 15) is 5.11 Å². The summed E-state index contributed by atoms with van der Waals surface area (Å²) in [5, 5.41) is 9.70. The Morgan fingerprint density at radius 1 is 1.19 bits per heavy atom. The second kappa shape index (κ2) is 9.71. The van der Waals surface area contributed by atoms with Gasteiger partial charge in [0.15, 0.2) is 0 Å². The number of nitrogens with one attached hydrogen (secondary N) is 1. The van der Waals surface area contributed by atoms with E-state index in [1.165, 1.54) is 0 Å². The van der Waals surface area contributed by atoms with Gasteiger partial charge in [0.1, 0.15) is 5.75 Å². The molecule has 0 aliphatic heterocycles. The quantitative estimate of drug-likeness (QED) is 0.682. The number of likely N-dealkylation sites (N-methyl/N-ethyl adjacent to an activating group) is 1. The van der Waals surface area contributed by atoms with Crippen LogP contribution < -0.4 is 4.74 Å². The van der Waals surface area contributed by atoms with Crippen LogP contribution in [0.5, 0.6) is 5.75 Å². The van der Waals surface area contributed by atoms with E-state index in [4.69, 9.17) is 4.74 Å². The molecule has 0 saturated carbocycles. The van der Waals surface area contributed by atoms with E-state index in [2.05, 4.69) is 39.9 Å². The van der Waals surface area contributed by atoms with Crippen LogP contribution in [0, 0.1) is 6.92 Å². The Morgan fingerprint density at radius 3 is 2.54 bits per heavy atom. The number of H-pyrrole nitrogens is 1. The number of aliphatic hydroxyl groups is 1. The Bertz CT molecular complexity index is 682. The fourth-order valence-electron chi connectivity index (χ4n) is 2.80. The molecule has 144 valence electrons. The molecule has 6 nitrogen and oxygen atoms in total. The summed E-state index contributed by atoms with van der Waals surface area (Å²) < 4.78 is 5.78. The molecule has 6 heteroatoms. The lowest BCUT2D eigenvalue weighted by molar-refractivity contribution is 0.219. The van der Waals surface area contributed by atoms with Crippen molar-refractivity contribution in [2.75, 3.05) is 27.2 Å². The average molecular weight is 361 g/mol. The minimum Gasteiger partial charge on any atom is -0.491 e. The van der Waals surface area contributed by atoms with Crippen LogP contribution in [0.1, 0.15) is 36.4 Å². The lowest BCUT2D eigenvalue weighted by Gasteiger charge is -2.24. The van der Waals surface area contributed by atoms with Gasteiger partial charge in [-0.2, -0.15) is 0 Å². The molecule has 2 rings (SSSR count). The number of benzene rings is 1. The summed E-state index contributed by atoms with van der Waals surface area (Å²) in [5.41, 5.74) is 4.18. The lowest BCUT2D eigenvalue weighted by atomic mass is 10.1. The fraction of sp³-hybridized carbons (Fsp3) is 0.550. The van der Waals surface area contributed by atoms with Crippen molar-refractivity contribution < 1.29 is 9.84 Å². The number of nitrogens with zero attached hydrogens (tertiary/aromatic N) is 3. The van der Waals surface area contributed by atoms with Crippen molar-refractivity contribution in [2.24, 2.45) is 0 Å². The number of aryl methyl sites for hydroxylation is 1. The molecule has 1 aromatic heterocycles. The van der Waals surface area contributed by atoms with Crippen molar-refractivity contribution in [3.8, 4) is 5.75 Å². The molecular weight excluding hydrogens is 328 g/mol. The highest BCUT2D eigenvalue weighted by molar-refractivity contribution is 5.37. The zero-order valence-electron chi connectivity index (χ0n) is 16.6. The van der Waals surface area contributed by atoms with Crippen molar-refractivity contribution >= 4 is 0 Å². The van der Waals surface area contributed by atoms with Gasteiger partial charge in [-0.25, -0.2) is 4.98 Å². The molecule has 0 unspecified atom stereocenters. The Morgan fingerprint density at radius 2 is 1.96 bits per heavy atom. The molecule has 0 aliphatic carbocycles. The van der Waals surface area contributed by atoms with Gasteiger partial charge in [0, 0.05) is 37.4 Å². The van der Waals surface area contributed by atoms with Crippen LogP contribution in [-0.2, 0) is 19.7 Å². The summed E-state index contributed by atoms with van der Waals surface area (Å²) in [6.07, 6.45) is 1.84. The van der Waals surface area contributed by atoms with Crippen LogP contribution in [0.15, 0.2) is 24.5 Å². The first-order chi connectivity index (χ1) is 12.4. The van der Waals surface area contributed by atoms with E-state index in [1.54, 1.807) is 6.33 Å². The van der Waals surface area contributed by atoms with Gasteiger partial charge in [0.25, 0.3) is 0 Å². The number of hydrogen-bond acceptors (Lipinski definition) is 5. The molecule has 0 fully saturated rings. The Kier molecular flexibility index (Phi) is 7.63. The standard InChI is InChI=1S/C20H32N4O2/c1-15(2)26-20-7-6-17(10-18(20)13-25)11-24(9-8-23(4)5)12-19-16(3)21-14-22-19/h6-7,10,14-15,25H,8-9,11-13H2,1-5H3,(H,21,22). The van der Waals surface area contributed by atoms with E-state index >= 15 is 0 Å². The molecule has 2 N–H and O–H groups in total. The minimum atomic E-state index is -0.0218. The van der Waals surface area contributed by atoms with Gasteiger partial charge >= 0.3 is 0 Å². The fourth-order valence-corrected chi connectivity index (χ4v) is 2.80. The molecule has 0 atom stereocenters. The zero-order valence-corrected chi connectivity index (χ0v) is 16.6. The molecular formula is C20H32N4O2. The van der Waals surface area contributed by atoms with Crippen molar-refractivity contribution in [3.05, 3.63) is 47.0 Å². The maximum absolute atomic E-state index is 9.70. The maximum Gasteiger partial charge on any atom is 0.125 e. The number of aromatic amines is 1. The Hall–Kier alpha value is -1.89. The number of ether oxygens (including phenoxy) is 1. The van der Waals surface area contributed by atoms with Crippen LogP contribution in [0.4, 0.5) is 0 Å². The van der Waals surface area contributed by atoms with E-state index < -0.39 is 0 Å². The number of aromatic nitrogens is 2. The summed E-state index contributed by atoms with van der Waals surface area (Å²) in [6.45, 7) is 9.52. The normalized spacial score (nSPS) is 11.7. The molecule has 0 spiro atoms. The number of rotatable bonds is 10. The second-order valence-corrected chi connectivity index (χ2v) is 7.25. The van der Waals surface area contributed by atoms with Crippen molar-refractivity contribution in [1.82, 2.24) is 19.8 Å². The summed E-state index contributed by atoms with van der Waals surface area (Å²) in [5.74, 6) is 0.759. The molecule has 1 heterocycles. The first kappa shape index (κ1) is 20.4. The highest BCUT2D eigenvalue weighted by Gasteiger charge is 2.13. The first-order valence-electron chi connectivity index (χ1n) is 9.14. The first-order valence-corrected chi connectivity index (χ1v) is 9.14. The lowest BCUT2D eigenvalue weighted by Crippen LogP contribution is -2.31. The molecule has 1 aromatic carbocycles. The summed E-state index contributed by atoms with van der Waals surface area (Å²) in [6, 6.07) is 6.08. The van der Waals surface area contributed by atoms with Gasteiger partial charge in [-0.15, -0.1) is 0 Å². The predicted octanol–water partition coefficient (Wildman–Crippen LogP) is 2.56. The summed E-state index contributed by atoms with van der Waals surface area (Å²) in [4.78, 5) is 12.1. The number of hydrogen-bond donors (Lipinski definition) is 2. The molecule has 0 saturated heterocycles. The van der Waals surface area contributed by atoms with Gasteiger partial charge in [-0.3, -0.25) is 4.90 Å². The van der Waals surface area contributed by atoms with Gasteiger partial charge in [0.2, 0.25) is 0 Å². The molecule has 0 amide bonds. The van der Waals surface area contributed by atoms with Gasteiger partial charge in [-0.1, -0.05) is 6.07 Å². The molecule has 2 aromatic rings. The van der Waals surface area contributed by atoms with Crippen molar-refractivity contribution in [2.45, 2.75) is 46.6 Å². The van der Waals surface area contributed by atoms with Crippen molar-refractivity contribution in [3.63, 3.8) is 0 Å². The van der Waals surface area contributed by atoms with Crippen LogP contribution in [-0.4, -0.2) is 58.2 Å². The topological polar surface area (TPSA) is 64.6 Å². The molecule has 0 aliphatic rings. The van der Waals surface area contributed by atoms with Crippen molar-refractivity contribution in [1.29, 1.82) is 0 Å². The van der Waals surface area contributed by atoms with E-state index in [1.807, 2.05) is 32.9 Å². The summed E-state index contributed by atoms with van der Waals surface area (Å²) in [7, 11) is 4.17. The third-order valence-electron chi connectivity index (χ3n) is 4.24. The monoisotopic (exact) mass is 360 g/mol. The van der Waals surface area contributed by atoms with Crippen LogP contribution in [0.2, 0.25) is 0 Å². The van der Waals surface area contributed by atoms with Crippen LogP contribution >= 0.6 is 0 Å². The molecule has 0 bridgehead atoms. The second-order valence-electron chi connectivity index (χ2n) is 7.25. The Balaban J connectivity index is 2.14. The molecule has 26 heavy (non-hydrogen) atoms. The maximum atomic E-state index is 9.70. The Labute approximate surface area is 156 Å². The van der Waals surface area contributed by atoms with Gasteiger partial charge in [-0.05, 0) is 52.6 Å². The molecule has 0 radical (unpaired) electrons. The smallest absolute Gasteiger partial charge is 0.125 e. The third-order valence-corrected chi connectivity index (χ3v) is 4.24. The van der Waals surface area contributed by atoms with Gasteiger partial charge in [0.05, 0.1) is 24.7 Å². The zero-order chi connectivity index (χ0) is 19.1. The van der Waals surface area contributed by atoms with E-state index in [0.717, 1.165) is 54.4 Å². The largest absolute Gasteiger partial charge is 0.491 e. The third kappa shape index (κ3) is 6.12. The van der Waals surface area contributed by atoms with Gasteiger partial charge < -0.3 is 19.7 Å². The highest BCUT2D eigenvalue weighted by atomic mass is 16.5. The average Bonchev–Trinajstić information content (AvgIpc) is 2.98. The summed E-state index contributed by atoms with van der Waals surface area (Å²) >= 11 is 0. The predicted molar refractivity (Wildman–Crippen MR) is 104 cm³/mol. The van der Waals surface area contributed by atoms with E-state index in [-0.39, 0.29) is 12.7 Å². The minimum absolute atomic E-state index is 0.0218. The van der Waals surface area contributed by atoms with E-state index in [0.29, 0.717) is 0 Å².